The van der Waals surface area contributed by atoms with Gasteiger partial charge in [-0.2, -0.15) is 20.1 Å². The molecule has 0 saturated carbocycles. The first-order valence-electron chi connectivity index (χ1n) is 8.57. The van der Waals surface area contributed by atoms with E-state index in [-0.39, 0.29) is 24.6 Å². The number of amides is 1. The highest BCUT2D eigenvalue weighted by Gasteiger charge is 2.17. The first-order valence-corrected chi connectivity index (χ1v) is 8.57. The Labute approximate surface area is 156 Å². The average Bonchev–Trinajstić information content (AvgIpc) is 2.68. The number of anilines is 2. The number of aromatic nitrogens is 5. The van der Waals surface area contributed by atoms with Crippen LogP contribution in [0, 0.1) is 0 Å². The summed E-state index contributed by atoms with van der Waals surface area (Å²) in [6.45, 7) is 2.60. The average molecular weight is 374 g/mol. The molecule has 3 rings (SSSR count). The Kier molecular flexibility index (Phi) is 5.91. The number of morpholine rings is 1. The van der Waals surface area contributed by atoms with Crippen molar-refractivity contribution in [3.05, 3.63) is 34.5 Å². The van der Waals surface area contributed by atoms with Crippen LogP contribution >= 0.6 is 0 Å². The molecule has 11 heteroatoms. The summed E-state index contributed by atoms with van der Waals surface area (Å²) in [6.07, 6.45) is 1.46. The number of rotatable bonds is 6. The predicted octanol–water partition coefficient (Wildman–Crippen LogP) is -1.35. The van der Waals surface area contributed by atoms with Crippen molar-refractivity contribution < 1.29 is 9.53 Å². The number of carbonyl (C=O) groups is 1. The zero-order valence-corrected chi connectivity index (χ0v) is 15.3. The molecule has 0 atom stereocenters. The van der Waals surface area contributed by atoms with Crippen LogP contribution in [0.25, 0.3) is 0 Å². The molecule has 144 valence electrons. The largest absolute Gasteiger partial charge is 0.378 e. The normalized spacial score (nSPS) is 14.1. The van der Waals surface area contributed by atoms with Crippen molar-refractivity contribution >= 4 is 17.8 Å². The molecule has 1 saturated heterocycles. The summed E-state index contributed by atoms with van der Waals surface area (Å²) in [5.41, 5.74) is -0.336. The van der Waals surface area contributed by atoms with Gasteiger partial charge in [-0.1, -0.05) is 0 Å². The third-order valence-corrected chi connectivity index (χ3v) is 3.87. The van der Waals surface area contributed by atoms with Crippen LogP contribution in [0.2, 0.25) is 0 Å². The molecule has 11 nitrogen and oxygen atoms in total. The summed E-state index contributed by atoms with van der Waals surface area (Å²) in [5, 5.41) is 6.58. The van der Waals surface area contributed by atoms with Crippen LogP contribution in [0.1, 0.15) is 5.82 Å². The van der Waals surface area contributed by atoms with Crippen molar-refractivity contribution in [2.75, 3.05) is 50.2 Å². The van der Waals surface area contributed by atoms with E-state index in [9.17, 15) is 9.59 Å². The quantitative estimate of drug-likeness (QED) is 0.654. The van der Waals surface area contributed by atoms with Crippen molar-refractivity contribution in [1.82, 2.24) is 30.0 Å². The Morgan fingerprint density at radius 3 is 2.74 bits per heavy atom. The number of nitrogens with zero attached hydrogens (tertiary/aromatic N) is 7. The van der Waals surface area contributed by atoms with Gasteiger partial charge in [0.25, 0.3) is 5.56 Å². The van der Waals surface area contributed by atoms with E-state index >= 15 is 0 Å². The fraction of sp³-hybridized carbons (Fsp3) is 0.500. The fourth-order valence-electron chi connectivity index (χ4n) is 2.45. The second-order valence-corrected chi connectivity index (χ2v) is 6.14. The van der Waals surface area contributed by atoms with E-state index < -0.39 is 0 Å². The molecule has 1 amide bonds. The van der Waals surface area contributed by atoms with Crippen molar-refractivity contribution in [3.63, 3.8) is 0 Å². The minimum atomic E-state index is -0.351. The minimum Gasteiger partial charge on any atom is -0.378 e. The molecule has 1 N–H and O–H groups in total. The van der Waals surface area contributed by atoms with Crippen molar-refractivity contribution in [3.8, 4) is 0 Å². The summed E-state index contributed by atoms with van der Waals surface area (Å²) < 4.78 is 6.45. The third-order valence-electron chi connectivity index (χ3n) is 3.87. The molecule has 1 fully saturated rings. The first-order chi connectivity index (χ1) is 13.0. The molecule has 1 aliphatic heterocycles. The van der Waals surface area contributed by atoms with Crippen molar-refractivity contribution in [2.45, 2.75) is 13.1 Å². The monoisotopic (exact) mass is 374 g/mol. The van der Waals surface area contributed by atoms with Gasteiger partial charge >= 0.3 is 0 Å². The van der Waals surface area contributed by atoms with E-state index in [0.717, 1.165) is 4.68 Å². The van der Waals surface area contributed by atoms with Crippen LogP contribution in [-0.2, 0) is 22.6 Å². The van der Waals surface area contributed by atoms with Gasteiger partial charge < -0.3 is 19.9 Å². The fourth-order valence-corrected chi connectivity index (χ4v) is 2.45. The summed E-state index contributed by atoms with van der Waals surface area (Å²) in [5.74, 6) is 1.16. The van der Waals surface area contributed by atoms with Gasteiger partial charge in [-0.05, 0) is 6.07 Å². The zero-order chi connectivity index (χ0) is 19.2. The van der Waals surface area contributed by atoms with E-state index in [0.29, 0.717) is 44.0 Å². The maximum atomic E-state index is 12.1. The minimum absolute atomic E-state index is 0.126. The maximum absolute atomic E-state index is 12.1. The van der Waals surface area contributed by atoms with Crippen LogP contribution in [0.4, 0.5) is 11.9 Å². The Morgan fingerprint density at radius 2 is 2.04 bits per heavy atom. The maximum Gasteiger partial charge on any atom is 0.267 e. The Bertz CT molecular complexity index is 848. The van der Waals surface area contributed by atoms with Gasteiger partial charge in [0.05, 0.1) is 19.8 Å². The van der Waals surface area contributed by atoms with E-state index in [1.54, 1.807) is 4.90 Å². The molecule has 0 spiro atoms. The molecule has 0 unspecified atom stereocenters. The van der Waals surface area contributed by atoms with Crippen molar-refractivity contribution in [2.24, 2.45) is 0 Å². The number of ether oxygens (including phenoxy) is 1. The Balaban J connectivity index is 1.69. The molecule has 0 aliphatic carbocycles. The Morgan fingerprint density at radius 1 is 1.26 bits per heavy atom. The molecule has 0 bridgehead atoms. The topological polar surface area (TPSA) is 118 Å². The van der Waals surface area contributed by atoms with Crippen LogP contribution in [0.15, 0.2) is 23.1 Å². The highest BCUT2D eigenvalue weighted by atomic mass is 16.5. The van der Waals surface area contributed by atoms with Crippen LogP contribution in [0.5, 0.6) is 0 Å². The molecule has 3 heterocycles. The standard InChI is InChI=1S/C16H22N8O3/c1-22(2)15-19-12(20-16(21-15)23-6-8-27-9-7-23)10-17-13(25)11-24-14(26)4-3-5-18-24/h3-5H,6-11H2,1-2H3,(H,17,25). The molecule has 2 aromatic rings. The van der Waals surface area contributed by atoms with E-state index in [1.165, 1.54) is 18.3 Å². The van der Waals surface area contributed by atoms with Gasteiger partial charge in [0.1, 0.15) is 6.54 Å². The highest BCUT2D eigenvalue weighted by molar-refractivity contribution is 5.75. The summed E-state index contributed by atoms with van der Waals surface area (Å²) >= 11 is 0. The highest BCUT2D eigenvalue weighted by Crippen LogP contribution is 2.14. The lowest BCUT2D eigenvalue weighted by molar-refractivity contribution is -0.122. The van der Waals surface area contributed by atoms with E-state index in [1.807, 2.05) is 19.0 Å². The van der Waals surface area contributed by atoms with Gasteiger partial charge in [-0.3, -0.25) is 9.59 Å². The number of hydrogen-bond acceptors (Lipinski definition) is 9. The lowest BCUT2D eigenvalue weighted by atomic mass is 10.4. The molecule has 2 aromatic heterocycles. The second-order valence-electron chi connectivity index (χ2n) is 6.14. The van der Waals surface area contributed by atoms with Crippen molar-refractivity contribution in [1.29, 1.82) is 0 Å². The van der Waals surface area contributed by atoms with Gasteiger partial charge in [0.15, 0.2) is 5.82 Å². The van der Waals surface area contributed by atoms with Gasteiger partial charge in [0.2, 0.25) is 17.8 Å². The number of hydrogen-bond donors (Lipinski definition) is 1. The van der Waals surface area contributed by atoms with Crippen LogP contribution < -0.4 is 20.7 Å². The van der Waals surface area contributed by atoms with Crippen LogP contribution in [0.3, 0.4) is 0 Å². The van der Waals surface area contributed by atoms with Gasteiger partial charge in [0, 0.05) is 39.4 Å². The Hall–Kier alpha value is -3.08. The van der Waals surface area contributed by atoms with Gasteiger partial charge in [-0.15, -0.1) is 0 Å². The van der Waals surface area contributed by atoms with E-state index in [2.05, 4.69) is 25.4 Å². The smallest absolute Gasteiger partial charge is 0.267 e. The number of nitrogens with one attached hydrogen (secondary N) is 1. The van der Waals surface area contributed by atoms with Crippen LogP contribution in [-0.4, -0.2) is 71.0 Å². The predicted molar refractivity (Wildman–Crippen MR) is 97.5 cm³/mol. The molecular formula is C16H22N8O3. The molecule has 0 aromatic carbocycles. The third kappa shape index (κ3) is 4.97. The lowest BCUT2D eigenvalue weighted by Crippen LogP contribution is -2.38. The van der Waals surface area contributed by atoms with Gasteiger partial charge in [-0.25, -0.2) is 4.68 Å². The molecule has 1 aliphatic rings. The summed E-state index contributed by atoms with van der Waals surface area (Å²) in [7, 11) is 3.68. The first kappa shape index (κ1) is 18.7. The summed E-state index contributed by atoms with van der Waals surface area (Å²) in [4.78, 5) is 40.9. The molecule has 27 heavy (non-hydrogen) atoms. The number of carbonyl (C=O) groups excluding carboxylic acids is 1. The SMILES string of the molecule is CN(C)c1nc(CNC(=O)Cn2ncccc2=O)nc(N2CCOCC2)n1. The zero-order valence-electron chi connectivity index (χ0n) is 15.3. The second kappa shape index (κ2) is 8.54. The lowest BCUT2D eigenvalue weighted by Gasteiger charge is -2.27. The molecular weight excluding hydrogens is 352 g/mol. The summed E-state index contributed by atoms with van der Waals surface area (Å²) in [6, 6.07) is 2.88. The van der Waals surface area contributed by atoms with E-state index in [4.69, 9.17) is 4.74 Å². The molecule has 0 radical (unpaired) electrons.